The van der Waals surface area contributed by atoms with Gasteiger partial charge in [0.2, 0.25) is 0 Å². The summed E-state index contributed by atoms with van der Waals surface area (Å²) in [5, 5.41) is 10.5. The summed E-state index contributed by atoms with van der Waals surface area (Å²) in [4.78, 5) is 72.1. The van der Waals surface area contributed by atoms with Crippen LogP contribution in [0.5, 0.6) is 0 Å². The molecule has 3 N–H and O–H groups in total. The standard InChI is InChI=1S/C63H122O17P2/c1-53(2)39-31-23-15-12-10-9-11-13-17-29-37-45-62(67)79-58(49-73-60(65)43-35-27-21-19-25-33-41-55(5)6)51-77-81(69,70)75-47-57(64)48-76-82(71,72)78-52-59(50-74-61(66)44-36-28-22-20-26-34-42-56(7)8)80-63(68)46-38-30-18-14-16-24-32-40-54(3)4/h53-59,64H,9-52H2,1-8H3,(H,69,70)(H,71,72)/t57-,58-,59-/m1/s1. The van der Waals surface area contributed by atoms with E-state index in [-0.39, 0.29) is 25.7 Å². The van der Waals surface area contributed by atoms with Crippen molar-refractivity contribution in [2.45, 2.75) is 318 Å². The van der Waals surface area contributed by atoms with E-state index in [4.69, 9.17) is 37.0 Å². The lowest BCUT2D eigenvalue weighted by molar-refractivity contribution is -0.161. The fraction of sp³-hybridized carbons (Fsp3) is 0.937. The van der Waals surface area contributed by atoms with Gasteiger partial charge in [0.25, 0.3) is 0 Å². The zero-order valence-corrected chi connectivity index (χ0v) is 54.9. The molecule has 486 valence electrons. The number of aliphatic hydroxyl groups excluding tert-OH is 1. The average Bonchev–Trinajstić information content (AvgIpc) is 3.42. The Morgan fingerprint density at radius 2 is 0.512 bits per heavy atom. The third-order valence-corrected chi connectivity index (χ3v) is 16.2. The number of carbonyl (C=O) groups is 4. The lowest BCUT2D eigenvalue weighted by Crippen LogP contribution is -2.30. The maximum atomic E-state index is 13.0. The van der Waals surface area contributed by atoms with Crippen LogP contribution < -0.4 is 0 Å². The molecule has 0 aromatic carbocycles. The SMILES string of the molecule is CC(C)CCCCCCCCCCCCCC(=O)O[C@H](COC(=O)CCCCCCCCC(C)C)COP(=O)(O)OC[C@@H](O)COP(=O)(O)OC[C@@H](COC(=O)CCCCCCCCC(C)C)OC(=O)CCCCCCCCCC(C)C. The van der Waals surface area contributed by atoms with Crippen LogP contribution in [0, 0.1) is 23.7 Å². The zero-order chi connectivity index (χ0) is 61.1. The van der Waals surface area contributed by atoms with Crippen LogP contribution in [0.15, 0.2) is 0 Å². The lowest BCUT2D eigenvalue weighted by atomic mass is 10.0. The van der Waals surface area contributed by atoms with Gasteiger partial charge in [-0.3, -0.25) is 37.3 Å². The first-order valence-corrected chi connectivity index (χ1v) is 35.7. The molecule has 19 heteroatoms. The minimum Gasteiger partial charge on any atom is -0.462 e. The number of ether oxygens (including phenoxy) is 4. The molecule has 0 aromatic heterocycles. The first-order valence-electron chi connectivity index (χ1n) is 32.7. The van der Waals surface area contributed by atoms with Crippen LogP contribution >= 0.6 is 15.6 Å². The highest BCUT2D eigenvalue weighted by molar-refractivity contribution is 7.47. The van der Waals surface area contributed by atoms with Crippen molar-refractivity contribution in [1.82, 2.24) is 0 Å². The summed E-state index contributed by atoms with van der Waals surface area (Å²) >= 11 is 0. The minimum atomic E-state index is -4.94. The lowest BCUT2D eigenvalue weighted by Gasteiger charge is -2.21. The number of aliphatic hydroxyl groups is 1. The molecule has 82 heavy (non-hydrogen) atoms. The van der Waals surface area contributed by atoms with Gasteiger partial charge in [0.15, 0.2) is 12.2 Å². The fourth-order valence-electron chi connectivity index (χ4n) is 9.25. The second-order valence-corrected chi connectivity index (χ2v) is 27.6. The molecule has 0 heterocycles. The topological polar surface area (TPSA) is 237 Å². The highest BCUT2D eigenvalue weighted by Crippen LogP contribution is 2.45. The molecule has 17 nitrogen and oxygen atoms in total. The van der Waals surface area contributed by atoms with E-state index in [1.54, 1.807) is 0 Å². The minimum absolute atomic E-state index is 0.102. The van der Waals surface area contributed by atoms with Gasteiger partial charge >= 0.3 is 39.5 Å². The Bertz CT molecular complexity index is 1640. The fourth-order valence-corrected chi connectivity index (χ4v) is 10.8. The number of esters is 4. The number of hydrogen-bond acceptors (Lipinski definition) is 15. The molecule has 0 bridgehead atoms. The van der Waals surface area contributed by atoms with Crippen LogP contribution in [-0.2, 0) is 65.4 Å². The van der Waals surface area contributed by atoms with Gasteiger partial charge in [0.1, 0.15) is 19.3 Å². The summed E-state index contributed by atoms with van der Waals surface area (Å²) in [6.45, 7) is 13.9. The van der Waals surface area contributed by atoms with E-state index in [1.165, 1.54) is 89.9 Å². The van der Waals surface area contributed by atoms with E-state index in [0.29, 0.717) is 43.4 Å². The molecule has 0 saturated heterocycles. The second-order valence-electron chi connectivity index (χ2n) is 24.7. The van der Waals surface area contributed by atoms with Gasteiger partial charge in [0, 0.05) is 25.7 Å². The molecule has 0 rings (SSSR count). The average molecular weight is 1210 g/mol. The molecule has 2 unspecified atom stereocenters. The number of phosphoric ester groups is 2. The van der Waals surface area contributed by atoms with E-state index in [2.05, 4.69) is 55.4 Å². The molecular weight excluding hydrogens is 1090 g/mol. The number of phosphoric acid groups is 2. The van der Waals surface area contributed by atoms with Crippen LogP contribution in [0.3, 0.4) is 0 Å². The van der Waals surface area contributed by atoms with Crippen molar-refractivity contribution in [3.63, 3.8) is 0 Å². The van der Waals surface area contributed by atoms with E-state index < -0.39 is 97.5 Å². The van der Waals surface area contributed by atoms with Crippen molar-refractivity contribution in [3.05, 3.63) is 0 Å². The van der Waals surface area contributed by atoms with Crippen LogP contribution in [0.4, 0.5) is 0 Å². The number of carbonyl (C=O) groups excluding carboxylic acids is 4. The highest BCUT2D eigenvalue weighted by atomic mass is 31.2. The second kappa shape index (κ2) is 53.3. The van der Waals surface area contributed by atoms with Crippen molar-refractivity contribution in [3.8, 4) is 0 Å². The summed E-state index contributed by atoms with van der Waals surface area (Å²) in [7, 11) is -9.89. The molecule has 0 aliphatic carbocycles. The molecular formula is C63H122O17P2. The first-order chi connectivity index (χ1) is 39.1. The van der Waals surface area contributed by atoms with Crippen LogP contribution in [-0.4, -0.2) is 96.7 Å². The predicted octanol–water partition coefficient (Wildman–Crippen LogP) is 17.0. The third kappa shape index (κ3) is 57.2. The van der Waals surface area contributed by atoms with Crippen molar-refractivity contribution >= 4 is 39.5 Å². The number of hydrogen-bond donors (Lipinski definition) is 3. The zero-order valence-electron chi connectivity index (χ0n) is 53.1. The molecule has 0 fully saturated rings. The maximum absolute atomic E-state index is 13.0. The van der Waals surface area contributed by atoms with Crippen LogP contribution in [0.1, 0.15) is 299 Å². The van der Waals surface area contributed by atoms with Gasteiger partial charge in [-0.25, -0.2) is 9.13 Å². The molecule has 0 aliphatic heterocycles. The van der Waals surface area contributed by atoms with Crippen molar-refractivity contribution in [2.24, 2.45) is 23.7 Å². The Morgan fingerprint density at radius 1 is 0.305 bits per heavy atom. The summed E-state index contributed by atoms with van der Waals surface area (Å²) in [6, 6.07) is 0. The van der Waals surface area contributed by atoms with Gasteiger partial charge in [-0.2, -0.15) is 0 Å². The highest BCUT2D eigenvalue weighted by Gasteiger charge is 2.30. The Balaban J connectivity index is 5.23. The summed E-state index contributed by atoms with van der Waals surface area (Å²) in [5.41, 5.74) is 0. The van der Waals surface area contributed by atoms with Gasteiger partial charge < -0.3 is 33.8 Å². The molecule has 0 amide bonds. The Hall–Kier alpha value is -1.94. The van der Waals surface area contributed by atoms with Crippen molar-refractivity contribution < 1.29 is 80.2 Å². The van der Waals surface area contributed by atoms with E-state index >= 15 is 0 Å². The van der Waals surface area contributed by atoms with E-state index in [1.807, 2.05) is 0 Å². The maximum Gasteiger partial charge on any atom is 0.472 e. The van der Waals surface area contributed by atoms with Crippen LogP contribution in [0.2, 0.25) is 0 Å². The third-order valence-electron chi connectivity index (χ3n) is 14.3. The normalized spacial score (nSPS) is 14.5. The molecule has 0 aromatic rings. The molecule has 0 saturated carbocycles. The Labute approximate surface area is 498 Å². The summed E-state index contributed by atoms with van der Waals surface area (Å²) in [5.74, 6) is 0.675. The first kappa shape index (κ1) is 80.1. The largest absolute Gasteiger partial charge is 0.472 e. The smallest absolute Gasteiger partial charge is 0.462 e. The van der Waals surface area contributed by atoms with Crippen molar-refractivity contribution in [1.29, 1.82) is 0 Å². The van der Waals surface area contributed by atoms with Crippen LogP contribution in [0.25, 0.3) is 0 Å². The molecule has 0 aliphatic rings. The Morgan fingerprint density at radius 3 is 0.756 bits per heavy atom. The monoisotopic (exact) mass is 1210 g/mol. The van der Waals surface area contributed by atoms with E-state index in [0.717, 1.165) is 109 Å². The summed E-state index contributed by atoms with van der Waals surface area (Å²) < 4.78 is 67.9. The number of unbranched alkanes of at least 4 members (excludes halogenated alkanes) is 26. The summed E-state index contributed by atoms with van der Waals surface area (Å²) in [6.07, 6.45) is 32.5. The van der Waals surface area contributed by atoms with Gasteiger partial charge in [0.05, 0.1) is 26.4 Å². The van der Waals surface area contributed by atoms with Crippen molar-refractivity contribution in [2.75, 3.05) is 39.6 Å². The quantitative estimate of drug-likeness (QED) is 0.0222. The van der Waals surface area contributed by atoms with E-state index in [9.17, 15) is 43.2 Å². The molecule has 5 atom stereocenters. The number of rotatable bonds is 60. The molecule has 0 radical (unpaired) electrons. The Kier molecular flexibility index (Phi) is 52.0. The van der Waals surface area contributed by atoms with Gasteiger partial charge in [-0.05, 0) is 49.4 Å². The molecule has 0 spiro atoms. The predicted molar refractivity (Wildman–Crippen MR) is 326 cm³/mol. The van der Waals surface area contributed by atoms with Gasteiger partial charge in [-0.1, -0.05) is 248 Å². The van der Waals surface area contributed by atoms with Gasteiger partial charge in [-0.15, -0.1) is 0 Å².